The van der Waals surface area contributed by atoms with Gasteiger partial charge in [0, 0.05) is 18.6 Å². The molecular formula is C13H25N3. The SMILES string of the molecule is C1CC2(CC2)CN1.C1CNC2(C1)CCNC2. The van der Waals surface area contributed by atoms with E-state index in [1.165, 1.54) is 71.2 Å². The normalized spacial score (nSPS) is 39.0. The van der Waals surface area contributed by atoms with Crippen molar-refractivity contribution in [3.05, 3.63) is 0 Å². The van der Waals surface area contributed by atoms with Gasteiger partial charge < -0.3 is 16.0 Å². The lowest BCUT2D eigenvalue weighted by Gasteiger charge is -2.21. The summed E-state index contributed by atoms with van der Waals surface area (Å²) in [5.74, 6) is 0. The summed E-state index contributed by atoms with van der Waals surface area (Å²) in [5.41, 5.74) is 1.36. The molecule has 2 spiro atoms. The fraction of sp³-hybridized carbons (Fsp3) is 1.00. The van der Waals surface area contributed by atoms with Crippen LogP contribution in [0.2, 0.25) is 0 Å². The maximum Gasteiger partial charge on any atom is 0.0318 e. The minimum atomic E-state index is 0.528. The highest BCUT2D eigenvalue weighted by molar-refractivity contribution is 4.99. The zero-order chi connectivity index (χ0) is 10.9. The van der Waals surface area contributed by atoms with Crippen molar-refractivity contribution in [1.29, 1.82) is 0 Å². The fourth-order valence-electron chi connectivity index (χ4n) is 3.38. The summed E-state index contributed by atoms with van der Waals surface area (Å²) in [6, 6.07) is 0. The van der Waals surface area contributed by atoms with E-state index < -0.39 is 0 Å². The summed E-state index contributed by atoms with van der Waals surface area (Å²) in [4.78, 5) is 0. The second-order valence-corrected chi connectivity index (χ2v) is 6.16. The first kappa shape index (κ1) is 11.0. The lowest BCUT2D eigenvalue weighted by molar-refractivity contribution is 0.414. The monoisotopic (exact) mass is 223 g/mol. The van der Waals surface area contributed by atoms with E-state index in [9.17, 15) is 0 Å². The maximum absolute atomic E-state index is 3.57. The van der Waals surface area contributed by atoms with Crippen molar-refractivity contribution in [2.75, 3.05) is 32.7 Å². The number of hydrogen-bond donors (Lipinski definition) is 3. The minimum absolute atomic E-state index is 0.528. The Balaban J connectivity index is 0.000000104. The van der Waals surface area contributed by atoms with Gasteiger partial charge in [-0.05, 0) is 63.6 Å². The van der Waals surface area contributed by atoms with Crippen molar-refractivity contribution < 1.29 is 0 Å². The van der Waals surface area contributed by atoms with Crippen molar-refractivity contribution in [2.24, 2.45) is 5.41 Å². The Morgan fingerprint density at radius 1 is 0.688 bits per heavy atom. The van der Waals surface area contributed by atoms with Gasteiger partial charge in [-0.25, -0.2) is 0 Å². The van der Waals surface area contributed by atoms with Crippen LogP contribution in [0, 0.1) is 5.41 Å². The molecule has 3 N–H and O–H groups in total. The predicted molar refractivity (Wildman–Crippen MR) is 66.6 cm³/mol. The molecule has 1 aliphatic carbocycles. The molecule has 1 atom stereocenters. The zero-order valence-corrected chi connectivity index (χ0v) is 10.3. The van der Waals surface area contributed by atoms with Crippen LogP contribution in [0.5, 0.6) is 0 Å². The molecule has 4 rings (SSSR count). The summed E-state index contributed by atoms with van der Waals surface area (Å²) >= 11 is 0. The van der Waals surface area contributed by atoms with Crippen molar-refractivity contribution in [1.82, 2.24) is 16.0 Å². The van der Waals surface area contributed by atoms with Crippen molar-refractivity contribution in [3.8, 4) is 0 Å². The summed E-state index contributed by atoms with van der Waals surface area (Å²) in [6.07, 6.45) is 8.56. The van der Waals surface area contributed by atoms with E-state index in [1.54, 1.807) is 0 Å². The summed E-state index contributed by atoms with van der Waals surface area (Å²) < 4.78 is 0. The van der Waals surface area contributed by atoms with E-state index in [0.29, 0.717) is 5.54 Å². The number of rotatable bonds is 0. The molecule has 0 aromatic carbocycles. The van der Waals surface area contributed by atoms with E-state index >= 15 is 0 Å². The molecular weight excluding hydrogens is 198 g/mol. The Morgan fingerprint density at radius 2 is 1.50 bits per heavy atom. The Hall–Kier alpha value is -0.120. The van der Waals surface area contributed by atoms with Crippen LogP contribution in [0.1, 0.15) is 38.5 Å². The van der Waals surface area contributed by atoms with Crippen LogP contribution in [0.25, 0.3) is 0 Å². The summed E-state index contributed by atoms with van der Waals surface area (Å²) in [6.45, 7) is 6.24. The Morgan fingerprint density at radius 3 is 1.94 bits per heavy atom. The molecule has 1 saturated carbocycles. The lowest BCUT2D eigenvalue weighted by Crippen LogP contribution is -2.41. The topological polar surface area (TPSA) is 36.1 Å². The largest absolute Gasteiger partial charge is 0.316 e. The second kappa shape index (κ2) is 4.28. The molecule has 0 aromatic rings. The molecule has 0 bridgehead atoms. The van der Waals surface area contributed by atoms with E-state index in [4.69, 9.17) is 0 Å². The number of hydrogen-bond acceptors (Lipinski definition) is 3. The van der Waals surface area contributed by atoms with E-state index in [0.717, 1.165) is 5.41 Å². The van der Waals surface area contributed by atoms with Crippen molar-refractivity contribution in [3.63, 3.8) is 0 Å². The highest BCUT2D eigenvalue weighted by Crippen LogP contribution is 2.49. The molecule has 4 aliphatic rings. The third-order valence-electron chi connectivity index (χ3n) is 4.87. The summed E-state index contributed by atoms with van der Waals surface area (Å²) in [7, 11) is 0. The smallest absolute Gasteiger partial charge is 0.0318 e. The van der Waals surface area contributed by atoms with Gasteiger partial charge in [0.1, 0.15) is 0 Å². The third-order valence-corrected chi connectivity index (χ3v) is 4.87. The first-order chi connectivity index (χ1) is 7.83. The van der Waals surface area contributed by atoms with Gasteiger partial charge in [0.25, 0.3) is 0 Å². The van der Waals surface area contributed by atoms with Crippen LogP contribution in [0.3, 0.4) is 0 Å². The fourth-order valence-corrected chi connectivity index (χ4v) is 3.38. The minimum Gasteiger partial charge on any atom is -0.316 e. The summed E-state index contributed by atoms with van der Waals surface area (Å²) in [5, 5.41) is 10.3. The molecule has 3 saturated heterocycles. The van der Waals surface area contributed by atoms with E-state index in [-0.39, 0.29) is 0 Å². The quantitative estimate of drug-likeness (QED) is 0.570. The van der Waals surface area contributed by atoms with Gasteiger partial charge in [0.05, 0.1) is 0 Å². The van der Waals surface area contributed by atoms with Gasteiger partial charge in [0.2, 0.25) is 0 Å². The van der Waals surface area contributed by atoms with Gasteiger partial charge >= 0.3 is 0 Å². The lowest BCUT2D eigenvalue weighted by atomic mass is 9.97. The van der Waals surface area contributed by atoms with Gasteiger partial charge in [0.15, 0.2) is 0 Å². The first-order valence-corrected chi connectivity index (χ1v) is 6.99. The average Bonchev–Trinajstić information content (AvgIpc) is 2.78. The predicted octanol–water partition coefficient (Wildman–Crippen LogP) is 0.862. The Bertz CT molecular complexity index is 210. The van der Waals surface area contributed by atoms with Gasteiger partial charge in [-0.2, -0.15) is 0 Å². The van der Waals surface area contributed by atoms with Gasteiger partial charge in [-0.3, -0.25) is 0 Å². The molecule has 4 fully saturated rings. The van der Waals surface area contributed by atoms with Gasteiger partial charge in [-0.1, -0.05) is 0 Å². The molecule has 16 heavy (non-hydrogen) atoms. The van der Waals surface area contributed by atoms with Gasteiger partial charge in [-0.15, -0.1) is 0 Å². The number of nitrogens with one attached hydrogen (secondary N) is 3. The van der Waals surface area contributed by atoms with Crippen LogP contribution in [0.15, 0.2) is 0 Å². The Kier molecular flexibility index (Phi) is 2.94. The van der Waals surface area contributed by atoms with Crippen molar-refractivity contribution in [2.45, 2.75) is 44.1 Å². The molecule has 0 aromatic heterocycles. The van der Waals surface area contributed by atoms with Crippen LogP contribution in [-0.4, -0.2) is 38.3 Å². The van der Waals surface area contributed by atoms with E-state index in [2.05, 4.69) is 16.0 Å². The first-order valence-electron chi connectivity index (χ1n) is 6.99. The standard InChI is InChI=1S/C7H14N2.C6H11N/c1-2-7(9-4-1)3-5-8-6-7;1-2-6(1)3-4-7-5-6/h8-9H,1-6H2;7H,1-5H2. The molecule has 1 unspecified atom stereocenters. The van der Waals surface area contributed by atoms with Crippen LogP contribution in [0.4, 0.5) is 0 Å². The Labute approximate surface area is 98.8 Å². The molecule has 3 heterocycles. The molecule has 3 nitrogen and oxygen atoms in total. The van der Waals surface area contributed by atoms with Crippen LogP contribution >= 0.6 is 0 Å². The van der Waals surface area contributed by atoms with Crippen molar-refractivity contribution >= 4 is 0 Å². The second-order valence-electron chi connectivity index (χ2n) is 6.16. The molecule has 0 radical (unpaired) electrons. The van der Waals surface area contributed by atoms with Crippen LogP contribution in [-0.2, 0) is 0 Å². The highest BCUT2D eigenvalue weighted by atomic mass is 15.1. The van der Waals surface area contributed by atoms with Crippen LogP contribution < -0.4 is 16.0 Å². The average molecular weight is 223 g/mol. The maximum atomic E-state index is 3.57. The highest BCUT2D eigenvalue weighted by Gasteiger charge is 2.44. The molecule has 3 aliphatic heterocycles. The molecule has 3 heteroatoms. The third kappa shape index (κ3) is 2.27. The molecule has 0 amide bonds. The van der Waals surface area contributed by atoms with E-state index in [1.807, 2.05) is 0 Å². The zero-order valence-electron chi connectivity index (χ0n) is 10.3. The molecule has 92 valence electrons.